The molecule has 1 fully saturated rings. The van der Waals surface area contributed by atoms with Crippen molar-refractivity contribution in [2.45, 2.75) is 30.7 Å². The van der Waals surface area contributed by atoms with Crippen molar-refractivity contribution in [3.8, 4) is 0 Å². The van der Waals surface area contributed by atoms with Crippen LogP contribution in [0.25, 0.3) is 0 Å². The summed E-state index contributed by atoms with van der Waals surface area (Å²) in [6.07, 6.45) is -8.55. The van der Waals surface area contributed by atoms with Gasteiger partial charge in [0.15, 0.2) is 12.2 Å². The zero-order valence-electron chi connectivity index (χ0n) is 24.5. The van der Waals surface area contributed by atoms with E-state index >= 15 is 0 Å². The van der Waals surface area contributed by atoms with Crippen molar-refractivity contribution in [2.75, 3.05) is 6.61 Å². The Hall–Kier alpha value is -5.26. The van der Waals surface area contributed by atoms with Crippen LogP contribution < -0.4 is 4.89 Å². The molecular formula is C34H27O12P. The number of carbonyl (C=O) groups excluding carboxylic acids is 4. The van der Waals surface area contributed by atoms with Gasteiger partial charge in [-0.1, -0.05) is 72.8 Å². The van der Waals surface area contributed by atoms with E-state index in [0.717, 1.165) is 0 Å². The number of hydrogen-bond acceptors (Lipinski definition) is 12. The maximum Gasteiger partial charge on any atom is 0.488 e. The standard InChI is InChI=1S/C34H27O12P/c35-30(22-13-5-1-6-14-22)41-21-26-27(46-47(39)40)28(43-31(36)23-15-7-2-8-16-23)29(44-32(37)24-17-9-3-10-18-24)34(42-26)45-33(38)25-19-11-4-12-20-25/h1-20,26-29,34H,21H2/t26-,27-,28+,29+,34-/m1/s1. The topological polar surface area (TPSA) is 164 Å². The van der Waals surface area contributed by atoms with Gasteiger partial charge in [-0.2, -0.15) is 0 Å². The van der Waals surface area contributed by atoms with Crippen molar-refractivity contribution in [3.05, 3.63) is 144 Å². The van der Waals surface area contributed by atoms with Crippen LogP contribution in [-0.4, -0.2) is 61.2 Å². The number of hydrogen-bond donors (Lipinski definition) is 0. The number of esters is 4. The van der Waals surface area contributed by atoms with E-state index in [0.29, 0.717) is 0 Å². The van der Waals surface area contributed by atoms with E-state index < -0.39 is 69.4 Å². The highest BCUT2D eigenvalue weighted by atomic mass is 31.1. The number of carbonyl (C=O) groups is 4. The number of benzene rings is 4. The summed E-state index contributed by atoms with van der Waals surface area (Å²) in [5, 5.41) is 0. The lowest BCUT2D eigenvalue weighted by Gasteiger charge is -2.42. The van der Waals surface area contributed by atoms with Crippen LogP contribution in [0.3, 0.4) is 0 Å². The first-order valence-electron chi connectivity index (χ1n) is 14.3. The van der Waals surface area contributed by atoms with Gasteiger partial charge in [0.2, 0.25) is 12.4 Å². The van der Waals surface area contributed by atoms with E-state index in [4.69, 9.17) is 28.2 Å². The average Bonchev–Trinajstić information content (AvgIpc) is 3.10. The molecule has 1 saturated heterocycles. The first-order chi connectivity index (χ1) is 22.8. The van der Waals surface area contributed by atoms with Gasteiger partial charge in [-0.05, 0) is 53.1 Å². The second-order valence-electron chi connectivity index (χ2n) is 10.0. The van der Waals surface area contributed by atoms with Crippen LogP contribution >= 0.6 is 8.25 Å². The molecule has 1 aliphatic heterocycles. The Bertz CT molecular complexity index is 1690. The van der Waals surface area contributed by atoms with Crippen LogP contribution in [0.4, 0.5) is 0 Å². The lowest BCUT2D eigenvalue weighted by atomic mass is 9.98. The average molecular weight is 659 g/mol. The Kier molecular flexibility index (Phi) is 11.2. The van der Waals surface area contributed by atoms with Gasteiger partial charge in [-0.15, -0.1) is 4.52 Å². The number of rotatable bonds is 11. The molecule has 6 atom stereocenters. The van der Waals surface area contributed by atoms with Crippen LogP contribution in [-0.2, 0) is 32.8 Å². The van der Waals surface area contributed by atoms with Gasteiger partial charge in [0.05, 0.1) is 22.3 Å². The minimum Gasteiger partial charge on any atom is -0.566 e. The Morgan fingerprint density at radius 1 is 0.553 bits per heavy atom. The van der Waals surface area contributed by atoms with Gasteiger partial charge >= 0.3 is 32.1 Å². The van der Waals surface area contributed by atoms with E-state index in [9.17, 15) is 28.6 Å². The lowest BCUT2D eigenvalue weighted by Crippen LogP contribution is -2.62. The van der Waals surface area contributed by atoms with Crippen molar-refractivity contribution >= 4 is 32.1 Å². The molecule has 47 heavy (non-hydrogen) atoms. The minimum absolute atomic E-state index is 0.0716. The predicted molar refractivity (Wildman–Crippen MR) is 161 cm³/mol. The van der Waals surface area contributed by atoms with Crippen molar-refractivity contribution in [2.24, 2.45) is 0 Å². The molecular weight excluding hydrogens is 631 g/mol. The van der Waals surface area contributed by atoms with Crippen molar-refractivity contribution in [3.63, 3.8) is 0 Å². The molecule has 4 aromatic rings. The molecule has 12 nitrogen and oxygen atoms in total. The Morgan fingerprint density at radius 2 is 0.936 bits per heavy atom. The first-order valence-corrected chi connectivity index (χ1v) is 15.4. The van der Waals surface area contributed by atoms with Gasteiger partial charge in [0.25, 0.3) is 0 Å². The van der Waals surface area contributed by atoms with Crippen molar-refractivity contribution in [1.29, 1.82) is 0 Å². The van der Waals surface area contributed by atoms with Crippen molar-refractivity contribution < 1.29 is 56.8 Å². The summed E-state index contributed by atoms with van der Waals surface area (Å²) in [5.74, 6) is -3.56. The number of ether oxygens (including phenoxy) is 5. The van der Waals surface area contributed by atoms with Gasteiger partial charge < -0.3 is 28.6 Å². The molecule has 0 bridgehead atoms. The molecule has 5 rings (SSSR count). The molecule has 1 aliphatic rings. The Labute approximate surface area is 269 Å². The van der Waals surface area contributed by atoms with Gasteiger partial charge in [0, 0.05) is 0 Å². The fourth-order valence-electron chi connectivity index (χ4n) is 4.69. The molecule has 0 radical (unpaired) electrons. The van der Waals surface area contributed by atoms with Crippen LogP contribution in [0, 0.1) is 0 Å². The van der Waals surface area contributed by atoms with Crippen LogP contribution in [0.5, 0.6) is 0 Å². The highest BCUT2D eigenvalue weighted by Gasteiger charge is 2.55. The summed E-state index contributed by atoms with van der Waals surface area (Å²) in [6.45, 7) is -0.639. The Morgan fingerprint density at radius 3 is 1.36 bits per heavy atom. The first kappa shape index (κ1) is 33.1. The molecule has 0 aromatic heterocycles. The maximum atomic E-state index is 13.4. The van der Waals surface area contributed by atoms with Crippen molar-refractivity contribution in [1.82, 2.24) is 0 Å². The molecule has 1 unspecified atom stereocenters. The summed E-state index contributed by atoms with van der Waals surface area (Å²) in [7, 11) is -3.64. The molecule has 240 valence electrons. The summed E-state index contributed by atoms with van der Waals surface area (Å²) in [6, 6.07) is 31.2. The fourth-order valence-corrected chi connectivity index (χ4v) is 5.14. The normalized spacial score (nSPS) is 20.7. The van der Waals surface area contributed by atoms with E-state index in [1.54, 1.807) is 72.8 Å². The molecule has 1 heterocycles. The van der Waals surface area contributed by atoms with E-state index in [2.05, 4.69) is 0 Å². The second kappa shape index (κ2) is 15.8. The highest BCUT2D eigenvalue weighted by Crippen LogP contribution is 2.34. The maximum absolute atomic E-state index is 13.4. The predicted octanol–water partition coefficient (Wildman–Crippen LogP) is 4.28. The highest BCUT2D eigenvalue weighted by molar-refractivity contribution is 7.30. The summed E-state index contributed by atoms with van der Waals surface area (Å²) in [4.78, 5) is 64.7. The SMILES string of the molecule is O=C(OC[C@H]1O[C@H](OC(=O)c2ccccc2)[C@@H](OC(=O)c2ccccc2)[C@@H](OC(=O)c2ccccc2)[C@@H]1O[P+](=O)[O-])c1ccccc1. The Balaban J connectivity index is 1.53. The smallest absolute Gasteiger partial charge is 0.488 e. The van der Waals surface area contributed by atoms with Crippen LogP contribution in [0.15, 0.2) is 121 Å². The summed E-state index contributed by atoms with van der Waals surface area (Å²) in [5.41, 5.74) is 0.446. The monoisotopic (exact) mass is 658 g/mol. The second-order valence-corrected chi connectivity index (χ2v) is 10.7. The molecule has 0 spiro atoms. The molecule has 4 aromatic carbocycles. The van der Waals surface area contributed by atoms with Gasteiger partial charge in [-0.25, -0.2) is 19.2 Å². The van der Waals surface area contributed by atoms with E-state index in [1.807, 2.05) is 0 Å². The van der Waals surface area contributed by atoms with Gasteiger partial charge in [0.1, 0.15) is 12.7 Å². The largest absolute Gasteiger partial charge is 0.566 e. The quantitative estimate of drug-likeness (QED) is 0.128. The zero-order chi connectivity index (χ0) is 33.2. The lowest BCUT2D eigenvalue weighted by molar-refractivity contribution is -0.286. The molecule has 0 N–H and O–H groups in total. The molecule has 0 amide bonds. The third-order valence-electron chi connectivity index (χ3n) is 6.93. The molecule has 0 saturated carbocycles. The van der Waals surface area contributed by atoms with E-state index in [1.165, 1.54) is 48.5 Å². The van der Waals surface area contributed by atoms with Gasteiger partial charge in [-0.3, -0.25) is 0 Å². The van der Waals surface area contributed by atoms with Crippen LogP contribution in [0.1, 0.15) is 41.4 Å². The minimum atomic E-state index is -3.64. The molecule has 0 aliphatic carbocycles. The fraction of sp³-hybridized carbons (Fsp3) is 0.176. The third-order valence-corrected chi connectivity index (χ3v) is 7.34. The summed E-state index contributed by atoms with van der Waals surface area (Å²) >= 11 is 0. The summed E-state index contributed by atoms with van der Waals surface area (Å²) < 4.78 is 45.7. The van der Waals surface area contributed by atoms with Crippen LogP contribution in [0.2, 0.25) is 0 Å². The molecule has 13 heteroatoms. The third kappa shape index (κ3) is 8.72. The zero-order valence-corrected chi connectivity index (χ0v) is 25.4. The van der Waals surface area contributed by atoms with E-state index in [-0.39, 0.29) is 22.3 Å².